The number of rotatable bonds is 6. The Morgan fingerprint density at radius 2 is 1.62 bits per heavy atom. The molecule has 2 fully saturated rings. The summed E-state index contributed by atoms with van der Waals surface area (Å²) in [4.78, 5) is 43.3. The van der Waals surface area contributed by atoms with Gasteiger partial charge in [0, 0.05) is 45.6 Å². The highest BCUT2D eigenvalue weighted by atomic mass is 16.5. The van der Waals surface area contributed by atoms with E-state index in [0.717, 1.165) is 30.4 Å². The third-order valence-corrected chi connectivity index (χ3v) is 8.21. The molecular formula is C32H35N3O5. The monoisotopic (exact) mass is 541 g/mol. The van der Waals surface area contributed by atoms with Crippen molar-refractivity contribution >= 4 is 17.7 Å². The molecule has 0 spiro atoms. The van der Waals surface area contributed by atoms with Crippen molar-refractivity contribution in [2.24, 2.45) is 5.92 Å². The second-order valence-corrected chi connectivity index (χ2v) is 11.1. The van der Waals surface area contributed by atoms with Crippen molar-refractivity contribution in [3.05, 3.63) is 88.4 Å². The van der Waals surface area contributed by atoms with Gasteiger partial charge >= 0.3 is 0 Å². The zero-order valence-corrected chi connectivity index (χ0v) is 23.1. The fourth-order valence-electron chi connectivity index (χ4n) is 5.70. The van der Waals surface area contributed by atoms with E-state index in [0.29, 0.717) is 44.2 Å². The van der Waals surface area contributed by atoms with Gasteiger partial charge in [-0.1, -0.05) is 35.9 Å². The van der Waals surface area contributed by atoms with Crippen LogP contribution in [0, 0.1) is 12.8 Å². The predicted molar refractivity (Wildman–Crippen MR) is 149 cm³/mol. The van der Waals surface area contributed by atoms with Crippen LogP contribution in [0.5, 0.6) is 5.75 Å². The van der Waals surface area contributed by atoms with E-state index in [1.54, 1.807) is 28.9 Å². The molecule has 0 bridgehead atoms. The average molecular weight is 542 g/mol. The molecule has 2 aliphatic heterocycles. The maximum absolute atomic E-state index is 13.3. The van der Waals surface area contributed by atoms with Crippen LogP contribution >= 0.6 is 0 Å². The molecule has 208 valence electrons. The molecule has 0 radical (unpaired) electrons. The standard InChI is InChI=1S/C32H35N3O5/c1-21-3-5-24(6-4-21)30-28-19-26(10-9-23(28)13-14-35(30)31(37)25-7-8-25)39-20-27-11-12-29(40-27)32(38)34-17-15-33(16-18-34)22(2)36/h3-6,9-12,19,25,30H,7-8,13-18,20H2,1-2H3. The molecule has 8 nitrogen and oxygen atoms in total. The van der Waals surface area contributed by atoms with E-state index in [4.69, 9.17) is 9.15 Å². The SMILES string of the molecule is CC(=O)N1CCN(C(=O)c2ccc(COc3ccc4c(c3)C(c3ccc(C)cc3)N(C(=O)C3CC3)CC4)o2)CC1. The number of nitrogens with zero attached hydrogens (tertiary/aromatic N) is 3. The molecule has 3 amide bonds. The van der Waals surface area contributed by atoms with E-state index in [2.05, 4.69) is 48.2 Å². The molecule has 3 aliphatic rings. The van der Waals surface area contributed by atoms with Crippen LogP contribution in [0.1, 0.15) is 64.4 Å². The maximum atomic E-state index is 13.3. The van der Waals surface area contributed by atoms with Crippen molar-refractivity contribution in [2.45, 2.75) is 45.8 Å². The van der Waals surface area contributed by atoms with Gasteiger partial charge in [-0.25, -0.2) is 0 Å². The van der Waals surface area contributed by atoms with Gasteiger partial charge in [0.25, 0.3) is 5.91 Å². The Hall–Kier alpha value is -4.07. The second kappa shape index (κ2) is 10.8. The summed E-state index contributed by atoms with van der Waals surface area (Å²) in [6, 6.07) is 17.9. The van der Waals surface area contributed by atoms with E-state index in [-0.39, 0.29) is 42.0 Å². The summed E-state index contributed by atoms with van der Waals surface area (Å²) in [5, 5.41) is 0. The van der Waals surface area contributed by atoms with Gasteiger partial charge in [-0.3, -0.25) is 14.4 Å². The van der Waals surface area contributed by atoms with Crippen molar-refractivity contribution in [2.75, 3.05) is 32.7 Å². The van der Waals surface area contributed by atoms with E-state index in [9.17, 15) is 14.4 Å². The Morgan fingerprint density at radius 1 is 0.900 bits per heavy atom. The molecule has 8 heteroatoms. The van der Waals surface area contributed by atoms with E-state index < -0.39 is 0 Å². The van der Waals surface area contributed by atoms with Gasteiger partial charge in [0.05, 0.1) is 6.04 Å². The highest BCUT2D eigenvalue weighted by Gasteiger charge is 2.39. The number of piperazine rings is 1. The lowest BCUT2D eigenvalue weighted by molar-refractivity contribution is -0.134. The van der Waals surface area contributed by atoms with Gasteiger partial charge in [0.2, 0.25) is 11.8 Å². The first kappa shape index (κ1) is 26.2. The van der Waals surface area contributed by atoms with Crippen molar-refractivity contribution in [3.63, 3.8) is 0 Å². The Balaban J connectivity index is 1.16. The Kier molecular flexibility index (Phi) is 7.09. The topological polar surface area (TPSA) is 83.3 Å². The number of benzene rings is 2. The van der Waals surface area contributed by atoms with Crippen LogP contribution in [0.15, 0.2) is 59.0 Å². The van der Waals surface area contributed by atoms with Crippen molar-refractivity contribution in [3.8, 4) is 5.75 Å². The van der Waals surface area contributed by atoms with Gasteiger partial charge < -0.3 is 23.9 Å². The molecule has 1 aromatic heterocycles. The van der Waals surface area contributed by atoms with Gasteiger partial charge in [-0.2, -0.15) is 0 Å². The van der Waals surface area contributed by atoms with Gasteiger partial charge in [-0.05, 0) is 67.1 Å². The van der Waals surface area contributed by atoms with Crippen LogP contribution in [0.4, 0.5) is 0 Å². The van der Waals surface area contributed by atoms with E-state index >= 15 is 0 Å². The number of amides is 3. The fraction of sp³-hybridized carbons (Fsp3) is 0.406. The number of furan rings is 1. The molecule has 40 heavy (non-hydrogen) atoms. The Morgan fingerprint density at radius 3 is 2.33 bits per heavy atom. The van der Waals surface area contributed by atoms with Crippen molar-refractivity contribution in [1.29, 1.82) is 0 Å². The highest BCUT2D eigenvalue weighted by molar-refractivity contribution is 5.91. The molecule has 3 aromatic rings. The highest BCUT2D eigenvalue weighted by Crippen LogP contribution is 2.41. The number of ether oxygens (including phenoxy) is 1. The van der Waals surface area contributed by atoms with Gasteiger partial charge in [-0.15, -0.1) is 0 Å². The van der Waals surface area contributed by atoms with Crippen LogP contribution in [0.3, 0.4) is 0 Å². The molecule has 2 aromatic carbocycles. The molecular weight excluding hydrogens is 506 g/mol. The minimum absolute atomic E-state index is 0.0270. The second-order valence-electron chi connectivity index (χ2n) is 11.1. The lowest BCUT2D eigenvalue weighted by Crippen LogP contribution is -2.50. The molecule has 1 unspecified atom stereocenters. The quantitative estimate of drug-likeness (QED) is 0.463. The van der Waals surface area contributed by atoms with Crippen LogP contribution in [0.2, 0.25) is 0 Å². The summed E-state index contributed by atoms with van der Waals surface area (Å²) in [7, 11) is 0. The smallest absolute Gasteiger partial charge is 0.289 e. The first-order valence-electron chi connectivity index (χ1n) is 14.1. The largest absolute Gasteiger partial charge is 0.486 e. The number of hydrogen-bond acceptors (Lipinski definition) is 5. The lowest BCUT2D eigenvalue weighted by Gasteiger charge is -2.38. The summed E-state index contributed by atoms with van der Waals surface area (Å²) in [5.74, 6) is 1.78. The first-order chi connectivity index (χ1) is 19.4. The fourth-order valence-corrected chi connectivity index (χ4v) is 5.70. The summed E-state index contributed by atoms with van der Waals surface area (Å²) in [6.45, 7) is 6.56. The number of hydrogen-bond donors (Lipinski definition) is 0. The number of aryl methyl sites for hydroxylation is 1. The molecule has 0 N–H and O–H groups in total. The number of carbonyl (C=O) groups is 3. The average Bonchev–Trinajstić information content (AvgIpc) is 3.72. The number of fused-ring (bicyclic) bond motifs is 1. The zero-order chi connectivity index (χ0) is 27.8. The summed E-state index contributed by atoms with van der Waals surface area (Å²) < 4.78 is 12.0. The molecule has 1 atom stereocenters. The molecule has 1 saturated heterocycles. The van der Waals surface area contributed by atoms with Crippen LogP contribution in [0.25, 0.3) is 0 Å². The minimum atomic E-state index is -0.176. The Bertz CT molecular complexity index is 1420. The van der Waals surface area contributed by atoms with Crippen LogP contribution in [-0.2, 0) is 22.6 Å². The summed E-state index contributed by atoms with van der Waals surface area (Å²) >= 11 is 0. The molecule has 1 saturated carbocycles. The lowest BCUT2D eigenvalue weighted by atomic mass is 9.87. The van der Waals surface area contributed by atoms with Gasteiger partial charge in [0.15, 0.2) is 5.76 Å². The van der Waals surface area contributed by atoms with Crippen LogP contribution < -0.4 is 4.74 Å². The van der Waals surface area contributed by atoms with Crippen molar-refractivity contribution in [1.82, 2.24) is 14.7 Å². The van der Waals surface area contributed by atoms with Crippen LogP contribution in [-0.4, -0.2) is 65.1 Å². The van der Waals surface area contributed by atoms with E-state index in [1.165, 1.54) is 11.1 Å². The van der Waals surface area contributed by atoms with E-state index in [1.807, 2.05) is 6.07 Å². The molecule has 6 rings (SSSR count). The minimum Gasteiger partial charge on any atom is -0.486 e. The van der Waals surface area contributed by atoms with Gasteiger partial charge in [0.1, 0.15) is 18.1 Å². The third kappa shape index (κ3) is 5.35. The number of carbonyl (C=O) groups excluding carboxylic acids is 3. The predicted octanol–water partition coefficient (Wildman–Crippen LogP) is 4.36. The Labute approximate surface area is 234 Å². The van der Waals surface area contributed by atoms with Crippen molar-refractivity contribution < 1.29 is 23.5 Å². The maximum Gasteiger partial charge on any atom is 0.289 e. The first-order valence-corrected chi connectivity index (χ1v) is 14.1. The molecule has 3 heterocycles. The third-order valence-electron chi connectivity index (χ3n) is 8.21. The normalized spacial score (nSPS) is 18.9. The molecule has 1 aliphatic carbocycles. The zero-order valence-electron chi connectivity index (χ0n) is 23.1. The summed E-state index contributed by atoms with van der Waals surface area (Å²) in [5.41, 5.74) is 4.62. The summed E-state index contributed by atoms with van der Waals surface area (Å²) in [6.07, 6.45) is 2.78.